The van der Waals surface area contributed by atoms with E-state index in [1.165, 1.54) is 25.7 Å². The average molecular weight is 251 g/mol. The lowest BCUT2D eigenvalue weighted by Gasteiger charge is -2.37. The second kappa shape index (κ2) is 8.50. The van der Waals surface area contributed by atoms with Crippen LogP contribution in [0.4, 0.5) is 0 Å². The molecule has 0 heterocycles. The van der Waals surface area contributed by atoms with E-state index < -0.39 is 0 Å². The van der Waals surface area contributed by atoms with Crippen molar-refractivity contribution in [3.63, 3.8) is 0 Å². The Morgan fingerprint density at radius 1 is 1.28 bits per heavy atom. The summed E-state index contributed by atoms with van der Waals surface area (Å²) in [6, 6.07) is 3.71. The molecule has 3 nitrogen and oxygen atoms in total. The van der Waals surface area contributed by atoms with Crippen LogP contribution in [0.3, 0.4) is 0 Å². The van der Waals surface area contributed by atoms with E-state index >= 15 is 0 Å². The average Bonchev–Trinajstić information content (AvgIpc) is 2.35. The van der Waals surface area contributed by atoms with Crippen molar-refractivity contribution < 1.29 is 0 Å². The smallest absolute Gasteiger partial charge is 0.0635 e. The maximum atomic E-state index is 8.77. The van der Waals surface area contributed by atoms with E-state index in [-0.39, 0.29) is 0 Å². The molecule has 0 bridgehead atoms. The van der Waals surface area contributed by atoms with E-state index in [1.807, 2.05) is 0 Å². The fraction of sp³-hybridized carbons (Fsp3) is 0.933. The molecule has 0 aromatic heterocycles. The van der Waals surface area contributed by atoms with Crippen LogP contribution in [0.15, 0.2) is 0 Å². The molecule has 3 heteroatoms. The Morgan fingerprint density at radius 2 is 1.94 bits per heavy atom. The predicted molar refractivity (Wildman–Crippen MR) is 76.4 cm³/mol. The quantitative estimate of drug-likeness (QED) is 0.756. The predicted octanol–water partition coefficient (Wildman–Crippen LogP) is 2.78. The van der Waals surface area contributed by atoms with Crippen molar-refractivity contribution in [1.82, 2.24) is 10.2 Å². The first-order valence-corrected chi connectivity index (χ1v) is 7.51. The summed E-state index contributed by atoms with van der Waals surface area (Å²) < 4.78 is 0. The van der Waals surface area contributed by atoms with Gasteiger partial charge in [-0.3, -0.25) is 4.90 Å². The van der Waals surface area contributed by atoms with Crippen molar-refractivity contribution in [3.8, 4) is 6.07 Å². The van der Waals surface area contributed by atoms with Crippen molar-refractivity contribution in [2.24, 2.45) is 5.92 Å². The van der Waals surface area contributed by atoms with Gasteiger partial charge in [-0.2, -0.15) is 5.26 Å². The van der Waals surface area contributed by atoms with Crippen LogP contribution >= 0.6 is 0 Å². The molecule has 0 atom stereocenters. The van der Waals surface area contributed by atoms with Gasteiger partial charge in [0, 0.05) is 31.6 Å². The molecule has 1 N–H and O–H groups in total. The Balaban J connectivity index is 2.41. The third-order valence-electron chi connectivity index (χ3n) is 3.82. The van der Waals surface area contributed by atoms with Gasteiger partial charge in [-0.05, 0) is 38.1 Å². The molecule has 0 aromatic carbocycles. The molecule has 0 spiro atoms. The zero-order chi connectivity index (χ0) is 13.4. The van der Waals surface area contributed by atoms with Gasteiger partial charge in [0.05, 0.1) is 6.07 Å². The van der Waals surface area contributed by atoms with Crippen LogP contribution in [0.2, 0.25) is 0 Å². The lowest BCUT2D eigenvalue weighted by atomic mass is 9.89. The molecular weight excluding hydrogens is 222 g/mol. The molecule has 1 saturated carbocycles. The normalized spacial score (nSPS) is 24.4. The SMILES string of the molecule is CCNC1CCC(N(CCC#N)CC(C)C)CC1. The molecule has 0 aliphatic heterocycles. The fourth-order valence-electron chi connectivity index (χ4n) is 3.02. The third kappa shape index (κ3) is 5.37. The number of nitrogens with one attached hydrogen (secondary N) is 1. The standard InChI is InChI=1S/C15H29N3/c1-4-17-14-6-8-15(9-7-14)18(11-5-10-16)12-13(2)3/h13-15,17H,4-9,11-12H2,1-3H3. The van der Waals surface area contributed by atoms with Crippen LogP contribution in [-0.2, 0) is 0 Å². The molecule has 0 saturated heterocycles. The highest BCUT2D eigenvalue weighted by Gasteiger charge is 2.25. The van der Waals surface area contributed by atoms with Gasteiger partial charge in [-0.15, -0.1) is 0 Å². The molecule has 18 heavy (non-hydrogen) atoms. The summed E-state index contributed by atoms with van der Waals surface area (Å²) >= 11 is 0. The molecule has 1 aliphatic rings. The Morgan fingerprint density at radius 3 is 2.44 bits per heavy atom. The summed E-state index contributed by atoms with van der Waals surface area (Å²) in [6.07, 6.45) is 5.82. The lowest BCUT2D eigenvalue weighted by molar-refractivity contribution is 0.132. The first-order chi connectivity index (χ1) is 8.67. The van der Waals surface area contributed by atoms with E-state index in [9.17, 15) is 0 Å². The lowest BCUT2D eigenvalue weighted by Crippen LogP contribution is -2.44. The zero-order valence-electron chi connectivity index (χ0n) is 12.3. The highest BCUT2D eigenvalue weighted by molar-refractivity contribution is 4.84. The van der Waals surface area contributed by atoms with Crippen molar-refractivity contribution >= 4 is 0 Å². The number of nitriles is 1. The van der Waals surface area contributed by atoms with Gasteiger partial charge in [-0.25, -0.2) is 0 Å². The van der Waals surface area contributed by atoms with Gasteiger partial charge in [0.25, 0.3) is 0 Å². The van der Waals surface area contributed by atoms with Gasteiger partial charge < -0.3 is 5.32 Å². The van der Waals surface area contributed by atoms with Crippen molar-refractivity contribution in [1.29, 1.82) is 5.26 Å². The Kier molecular flexibility index (Phi) is 7.31. The maximum absolute atomic E-state index is 8.77. The molecule has 0 radical (unpaired) electrons. The number of rotatable bonds is 7. The van der Waals surface area contributed by atoms with Crippen LogP contribution < -0.4 is 5.32 Å². The number of nitrogens with zero attached hydrogens (tertiary/aromatic N) is 2. The van der Waals surface area contributed by atoms with Crippen molar-refractivity contribution in [2.45, 2.75) is 65.0 Å². The topological polar surface area (TPSA) is 39.1 Å². The monoisotopic (exact) mass is 251 g/mol. The van der Waals surface area contributed by atoms with Gasteiger partial charge >= 0.3 is 0 Å². The van der Waals surface area contributed by atoms with E-state index in [0.29, 0.717) is 18.4 Å². The minimum atomic E-state index is 0.667. The van der Waals surface area contributed by atoms with Gasteiger partial charge in [0.15, 0.2) is 0 Å². The second-order valence-corrected chi connectivity index (χ2v) is 5.86. The summed E-state index contributed by atoms with van der Waals surface area (Å²) in [5, 5.41) is 12.3. The Bertz CT molecular complexity index is 249. The van der Waals surface area contributed by atoms with Crippen LogP contribution in [-0.4, -0.2) is 36.6 Å². The van der Waals surface area contributed by atoms with Crippen LogP contribution in [0.1, 0.15) is 52.9 Å². The summed E-state index contributed by atoms with van der Waals surface area (Å²) in [6.45, 7) is 9.89. The molecule has 1 rings (SSSR count). The van der Waals surface area contributed by atoms with Crippen molar-refractivity contribution in [3.05, 3.63) is 0 Å². The molecule has 1 fully saturated rings. The van der Waals surface area contributed by atoms with Gasteiger partial charge in [-0.1, -0.05) is 20.8 Å². The molecule has 0 amide bonds. The molecule has 0 aromatic rings. The number of hydrogen-bond donors (Lipinski definition) is 1. The van der Waals surface area contributed by atoms with Crippen molar-refractivity contribution in [2.75, 3.05) is 19.6 Å². The number of hydrogen-bond acceptors (Lipinski definition) is 3. The molecule has 1 aliphatic carbocycles. The summed E-state index contributed by atoms with van der Waals surface area (Å²) in [5.41, 5.74) is 0. The minimum absolute atomic E-state index is 0.667. The first-order valence-electron chi connectivity index (χ1n) is 7.51. The van der Waals surface area contributed by atoms with Crippen LogP contribution in [0, 0.1) is 17.2 Å². The second-order valence-electron chi connectivity index (χ2n) is 5.86. The zero-order valence-corrected chi connectivity index (χ0v) is 12.3. The third-order valence-corrected chi connectivity index (χ3v) is 3.82. The van der Waals surface area contributed by atoms with E-state index in [0.717, 1.165) is 25.7 Å². The molecular formula is C15H29N3. The summed E-state index contributed by atoms with van der Waals surface area (Å²) in [4.78, 5) is 2.55. The Labute approximate surface area is 113 Å². The largest absolute Gasteiger partial charge is 0.314 e. The van der Waals surface area contributed by atoms with Crippen LogP contribution in [0.5, 0.6) is 0 Å². The molecule has 0 unspecified atom stereocenters. The summed E-state index contributed by atoms with van der Waals surface area (Å²) in [7, 11) is 0. The van der Waals surface area contributed by atoms with E-state index in [2.05, 4.69) is 37.1 Å². The fourth-order valence-corrected chi connectivity index (χ4v) is 3.02. The Hall–Kier alpha value is -0.590. The van der Waals surface area contributed by atoms with Gasteiger partial charge in [0.2, 0.25) is 0 Å². The molecule has 104 valence electrons. The van der Waals surface area contributed by atoms with E-state index in [1.54, 1.807) is 0 Å². The first kappa shape index (κ1) is 15.5. The summed E-state index contributed by atoms with van der Waals surface area (Å²) in [5.74, 6) is 0.690. The van der Waals surface area contributed by atoms with Crippen LogP contribution in [0.25, 0.3) is 0 Å². The minimum Gasteiger partial charge on any atom is -0.314 e. The highest BCUT2D eigenvalue weighted by atomic mass is 15.2. The highest BCUT2D eigenvalue weighted by Crippen LogP contribution is 2.24. The van der Waals surface area contributed by atoms with E-state index in [4.69, 9.17) is 5.26 Å². The maximum Gasteiger partial charge on any atom is 0.0635 e. The van der Waals surface area contributed by atoms with Gasteiger partial charge in [0.1, 0.15) is 0 Å².